The Balaban J connectivity index is 1.60. The van der Waals surface area contributed by atoms with E-state index in [2.05, 4.69) is 15.3 Å². The average molecular weight is 392 g/mol. The molecule has 0 saturated carbocycles. The first-order chi connectivity index (χ1) is 12.5. The van der Waals surface area contributed by atoms with Gasteiger partial charge in [-0.3, -0.25) is 4.79 Å². The minimum Gasteiger partial charge on any atom is -0.452 e. The number of halogens is 2. The molecule has 2 N–H and O–H groups in total. The molecule has 0 aliphatic carbocycles. The highest BCUT2D eigenvalue weighted by atomic mass is 35.5. The molecule has 2 aromatic heterocycles. The lowest BCUT2D eigenvalue weighted by molar-refractivity contribution is -0.124. The van der Waals surface area contributed by atoms with E-state index < -0.39 is 18.5 Å². The molecule has 0 aliphatic heterocycles. The summed E-state index contributed by atoms with van der Waals surface area (Å²) in [5.74, 6) is -1.03. The van der Waals surface area contributed by atoms with Gasteiger partial charge >= 0.3 is 5.97 Å². The quantitative estimate of drug-likeness (QED) is 0.645. The largest absolute Gasteiger partial charge is 0.452 e. The summed E-state index contributed by atoms with van der Waals surface area (Å²) in [5.41, 5.74) is 1.65. The van der Waals surface area contributed by atoms with E-state index in [0.717, 1.165) is 5.56 Å². The van der Waals surface area contributed by atoms with E-state index in [0.29, 0.717) is 26.6 Å². The highest BCUT2D eigenvalue weighted by molar-refractivity contribution is 6.35. The van der Waals surface area contributed by atoms with Crippen LogP contribution in [0.1, 0.15) is 28.9 Å². The molecule has 8 heteroatoms. The second kappa shape index (κ2) is 7.76. The van der Waals surface area contributed by atoms with Gasteiger partial charge in [0.05, 0.1) is 11.6 Å². The Labute approximate surface area is 159 Å². The van der Waals surface area contributed by atoms with Crippen molar-refractivity contribution in [2.24, 2.45) is 0 Å². The maximum Gasteiger partial charge on any atom is 0.339 e. The third-order valence-electron chi connectivity index (χ3n) is 3.82. The smallest absolute Gasteiger partial charge is 0.339 e. The number of hydrogen-bond acceptors (Lipinski definition) is 4. The highest BCUT2D eigenvalue weighted by Crippen LogP contribution is 2.26. The Bertz CT molecular complexity index is 971. The van der Waals surface area contributed by atoms with Gasteiger partial charge < -0.3 is 15.0 Å². The fraction of sp³-hybridized carbons (Fsp3) is 0.167. The van der Waals surface area contributed by atoms with Crippen molar-refractivity contribution in [1.29, 1.82) is 0 Å². The van der Waals surface area contributed by atoms with Crippen LogP contribution in [-0.2, 0) is 9.53 Å². The van der Waals surface area contributed by atoms with Gasteiger partial charge in [-0.25, -0.2) is 9.78 Å². The number of nitrogens with one attached hydrogen (secondary N) is 2. The van der Waals surface area contributed by atoms with E-state index in [1.165, 1.54) is 6.20 Å². The van der Waals surface area contributed by atoms with Crippen molar-refractivity contribution in [2.45, 2.75) is 13.0 Å². The lowest BCUT2D eigenvalue weighted by Gasteiger charge is -2.16. The molecule has 26 heavy (non-hydrogen) atoms. The molecule has 1 unspecified atom stereocenters. The van der Waals surface area contributed by atoms with E-state index in [4.69, 9.17) is 27.9 Å². The van der Waals surface area contributed by atoms with Crippen LogP contribution in [0.2, 0.25) is 10.0 Å². The van der Waals surface area contributed by atoms with E-state index in [9.17, 15) is 9.59 Å². The summed E-state index contributed by atoms with van der Waals surface area (Å²) in [6, 6.07) is 7.95. The lowest BCUT2D eigenvalue weighted by Crippen LogP contribution is -2.31. The normalized spacial score (nSPS) is 12.0. The van der Waals surface area contributed by atoms with Gasteiger partial charge in [0.25, 0.3) is 5.91 Å². The number of fused-ring (bicyclic) bond motifs is 1. The maximum atomic E-state index is 12.2. The van der Waals surface area contributed by atoms with E-state index in [-0.39, 0.29) is 6.04 Å². The number of hydrogen-bond donors (Lipinski definition) is 2. The standard InChI is InChI=1S/C18H15Cl2N3O3/c1-10(12-3-2-11(19)8-15(12)20)23-16(24)9-26-18(25)14-5-7-22-17-13(14)4-6-21-17/h2-8,10H,9H2,1H3,(H,21,22)(H,23,24). The topological polar surface area (TPSA) is 84.1 Å². The number of ether oxygens (including phenoxy) is 1. The van der Waals surface area contributed by atoms with Crippen LogP contribution in [0.25, 0.3) is 11.0 Å². The second-order valence-electron chi connectivity index (χ2n) is 5.63. The molecule has 3 rings (SSSR count). The number of pyridine rings is 1. The number of carbonyl (C=O) groups excluding carboxylic acids is 2. The molecular formula is C18H15Cl2N3O3. The van der Waals surface area contributed by atoms with Gasteiger partial charge in [-0.15, -0.1) is 0 Å². The zero-order valence-electron chi connectivity index (χ0n) is 13.8. The summed E-state index contributed by atoms with van der Waals surface area (Å²) in [6.07, 6.45) is 3.18. The molecule has 0 aliphatic rings. The molecule has 1 aromatic carbocycles. The lowest BCUT2D eigenvalue weighted by atomic mass is 10.1. The van der Waals surface area contributed by atoms with Crippen LogP contribution in [0.4, 0.5) is 0 Å². The van der Waals surface area contributed by atoms with Crippen LogP contribution in [-0.4, -0.2) is 28.5 Å². The van der Waals surface area contributed by atoms with Crippen molar-refractivity contribution in [3.63, 3.8) is 0 Å². The predicted molar refractivity (Wildman–Crippen MR) is 99.4 cm³/mol. The van der Waals surface area contributed by atoms with E-state index in [1.54, 1.807) is 43.5 Å². The summed E-state index contributed by atoms with van der Waals surface area (Å²) in [5, 5.41) is 4.34. The molecule has 2 heterocycles. The highest BCUT2D eigenvalue weighted by Gasteiger charge is 2.17. The Morgan fingerprint density at radius 2 is 2.08 bits per heavy atom. The molecular weight excluding hydrogens is 377 g/mol. The van der Waals surface area contributed by atoms with Gasteiger partial charge in [0, 0.05) is 27.8 Å². The number of esters is 1. The minimum absolute atomic E-state index is 0.345. The van der Waals surface area contributed by atoms with Gasteiger partial charge in [0.15, 0.2) is 6.61 Å². The zero-order valence-corrected chi connectivity index (χ0v) is 15.3. The minimum atomic E-state index is -0.593. The number of nitrogens with zero attached hydrogens (tertiary/aromatic N) is 1. The summed E-state index contributed by atoms with van der Waals surface area (Å²) < 4.78 is 5.11. The number of benzene rings is 1. The number of amides is 1. The number of aromatic amines is 1. The van der Waals surface area contributed by atoms with Crippen LogP contribution in [0.15, 0.2) is 42.7 Å². The Morgan fingerprint density at radius 1 is 1.27 bits per heavy atom. The van der Waals surface area contributed by atoms with Gasteiger partial charge in [-0.05, 0) is 36.8 Å². The van der Waals surface area contributed by atoms with Gasteiger partial charge in [-0.1, -0.05) is 29.3 Å². The third kappa shape index (κ3) is 3.98. The van der Waals surface area contributed by atoms with Crippen molar-refractivity contribution in [1.82, 2.24) is 15.3 Å². The van der Waals surface area contributed by atoms with Crippen molar-refractivity contribution >= 4 is 46.1 Å². The van der Waals surface area contributed by atoms with Crippen molar-refractivity contribution in [2.75, 3.05) is 6.61 Å². The molecule has 1 atom stereocenters. The van der Waals surface area contributed by atoms with Crippen LogP contribution in [0.5, 0.6) is 0 Å². The van der Waals surface area contributed by atoms with Crippen LogP contribution >= 0.6 is 23.2 Å². The van der Waals surface area contributed by atoms with Crippen molar-refractivity contribution in [3.05, 3.63) is 63.9 Å². The summed E-state index contributed by atoms with van der Waals surface area (Å²) in [4.78, 5) is 31.3. The summed E-state index contributed by atoms with van der Waals surface area (Å²) >= 11 is 12.0. The maximum absolute atomic E-state index is 12.2. The fourth-order valence-electron chi connectivity index (χ4n) is 2.56. The Morgan fingerprint density at radius 3 is 2.85 bits per heavy atom. The molecule has 0 fully saturated rings. The fourth-order valence-corrected chi connectivity index (χ4v) is 3.13. The third-order valence-corrected chi connectivity index (χ3v) is 4.38. The Hall–Kier alpha value is -2.57. The SMILES string of the molecule is CC(NC(=O)COC(=O)c1ccnc2[nH]ccc12)c1ccc(Cl)cc1Cl. The Kier molecular flexibility index (Phi) is 5.44. The molecule has 0 radical (unpaired) electrons. The first kappa shape index (κ1) is 18.2. The molecule has 1 amide bonds. The number of H-pyrrole nitrogens is 1. The summed E-state index contributed by atoms with van der Waals surface area (Å²) in [6.45, 7) is 1.38. The van der Waals surface area contributed by atoms with E-state index >= 15 is 0 Å². The molecule has 0 saturated heterocycles. The van der Waals surface area contributed by atoms with Crippen LogP contribution in [0.3, 0.4) is 0 Å². The molecule has 134 valence electrons. The van der Waals surface area contributed by atoms with Gasteiger partial charge in [0.2, 0.25) is 0 Å². The van der Waals surface area contributed by atoms with Crippen molar-refractivity contribution < 1.29 is 14.3 Å². The van der Waals surface area contributed by atoms with Crippen LogP contribution < -0.4 is 5.32 Å². The van der Waals surface area contributed by atoms with E-state index in [1.807, 2.05) is 0 Å². The monoisotopic (exact) mass is 391 g/mol. The van der Waals surface area contributed by atoms with Crippen LogP contribution in [0, 0.1) is 0 Å². The molecule has 3 aromatic rings. The second-order valence-corrected chi connectivity index (χ2v) is 6.47. The first-order valence-electron chi connectivity index (χ1n) is 7.79. The molecule has 0 spiro atoms. The zero-order chi connectivity index (χ0) is 18.7. The number of carbonyl (C=O) groups is 2. The van der Waals surface area contributed by atoms with Gasteiger partial charge in [-0.2, -0.15) is 0 Å². The number of rotatable bonds is 5. The molecule has 0 bridgehead atoms. The average Bonchev–Trinajstić information content (AvgIpc) is 3.08. The first-order valence-corrected chi connectivity index (χ1v) is 8.55. The molecule has 6 nitrogen and oxygen atoms in total. The number of aromatic nitrogens is 2. The predicted octanol–water partition coefficient (Wildman–Crippen LogP) is 3.90. The summed E-state index contributed by atoms with van der Waals surface area (Å²) in [7, 11) is 0. The van der Waals surface area contributed by atoms with Gasteiger partial charge in [0.1, 0.15) is 5.65 Å². The van der Waals surface area contributed by atoms with Crippen molar-refractivity contribution in [3.8, 4) is 0 Å².